The van der Waals surface area contributed by atoms with Gasteiger partial charge in [-0.3, -0.25) is 9.59 Å². The Kier molecular flexibility index (Phi) is 9.54. The second-order valence-corrected chi connectivity index (χ2v) is 10.6. The smallest absolute Gasteiger partial charge is 0.230 e. The predicted octanol–water partition coefficient (Wildman–Crippen LogP) is 2.87. The second-order valence-electron chi connectivity index (χ2n) is 10.6. The highest BCUT2D eigenvalue weighted by Gasteiger charge is 2.36. The largest absolute Gasteiger partial charge is 0.493 e. The first-order valence-electron chi connectivity index (χ1n) is 14.2. The fourth-order valence-corrected chi connectivity index (χ4v) is 5.61. The Morgan fingerprint density at radius 2 is 1.23 bits per heavy atom. The van der Waals surface area contributed by atoms with Gasteiger partial charge in [-0.15, -0.1) is 0 Å². The fraction of sp³-hybridized carbons (Fsp3) is 0.438. The zero-order valence-electron chi connectivity index (χ0n) is 24.9. The quantitative estimate of drug-likeness (QED) is 0.419. The number of hydrogen-bond donors (Lipinski definition) is 1. The van der Waals surface area contributed by atoms with Crippen LogP contribution in [0.2, 0.25) is 0 Å². The average molecular weight is 595 g/mol. The molecule has 2 aromatic carbocycles. The summed E-state index contributed by atoms with van der Waals surface area (Å²) in [5, 5.41) is 11.4. The Morgan fingerprint density at radius 1 is 0.767 bits per heavy atom. The number of aliphatic hydroxyl groups is 1. The van der Waals surface area contributed by atoms with Gasteiger partial charge in [0.05, 0.1) is 66.5 Å². The van der Waals surface area contributed by atoms with Crippen LogP contribution in [0.15, 0.2) is 36.7 Å². The van der Waals surface area contributed by atoms with Crippen LogP contribution in [0.1, 0.15) is 28.7 Å². The van der Waals surface area contributed by atoms with Crippen molar-refractivity contribution in [3.63, 3.8) is 0 Å². The van der Waals surface area contributed by atoms with Crippen molar-refractivity contribution in [2.75, 3.05) is 54.7 Å². The van der Waals surface area contributed by atoms with E-state index in [-0.39, 0.29) is 44.2 Å². The van der Waals surface area contributed by atoms with Gasteiger partial charge in [0.2, 0.25) is 11.8 Å². The first kappa shape index (κ1) is 30.4. The highest BCUT2D eigenvalue weighted by molar-refractivity contribution is 5.85. The van der Waals surface area contributed by atoms with Crippen LogP contribution in [0.25, 0.3) is 12.2 Å². The molecule has 1 saturated heterocycles. The van der Waals surface area contributed by atoms with Gasteiger partial charge in [0.1, 0.15) is 0 Å². The summed E-state index contributed by atoms with van der Waals surface area (Å²) in [6, 6.07) is 7.31. The first-order valence-corrected chi connectivity index (χ1v) is 14.2. The van der Waals surface area contributed by atoms with Crippen LogP contribution >= 0.6 is 0 Å². The Labute approximate surface area is 251 Å². The molecule has 0 aliphatic carbocycles. The van der Waals surface area contributed by atoms with Gasteiger partial charge in [-0.05, 0) is 65.1 Å². The molecule has 0 saturated carbocycles. The van der Waals surface area contributed by atoms with E-state index in [0.717, 1.165) is 22.3 Å². The van der Waals surface area contributed by atoms with Gasteiger partial charge in [-0.2, -0.15) is 0 Å². The summed E-state index contributed by atoms with van der Waals surface area (Å²) in [4.78, 5) is 29.7. The Bertz CT molecular complexity index is 1400. The van der Waals surface area contributed by atoms with Crippen molar-refractivity contribution < 1.29 is 43.1 Å². The van der Waals surface area contributed by atoms with E-state index in [4.69, 9.17) is 28.4 Å². The van der Waals surface area contributed by atoms with Gasteiger partial charge in [0.15, 0.2) is 29.3 Å². The molecule has 2 amide bonds. The van der Waals surface area contributed by atoms with Crippen molar-refractivity contribution in [3.8, 4) is 23.0 Å². The third-order valence-corrected chi connectivity index (χ3v) is 8.05. The molecule has 1 fully saturated rings. The zero-order chi connectivity index (χ0) is 30.5. The predicted molar refractivity (Wildman–Crippen MR) is 158 cm³/mol. The summed E-state index contributed by atoms with van der Waals surface area (Å²) in [5.74, 6) is 1.49. The van der Waals surface area contributed by atoms with Crippen molar-refractivity contribution in [2.45, 2.75) is 31.7 Å². The Balaban J connectivity index is 1.28. The van der Waals surface area contributed by atoms with Crippen LogP contribution in [-0.2, 0) is 31.9 Å². The monoisotopic (exact) mass is 594 g/mol. The Hall–Kier alpha value is -4.06. The third kappa shape index (κ3) is 6.64. The number of hydrogen-bond acceptors (Lipinski definition) is 9. The molecule has 11 heteroatoms. The van der Waals surface area contributed by atoms with Crippen molar-refractivity contribution in [3.05, 3.63) is 58.9 Å². The lowest BCUT2D eigenvalue weighted by Gasteiger charge is -2.32. The first-order chi connectivity index (χ1) is 20.8. The van der Waals surface area contributed by atoms with Crippen LogP contribution in [0, 0.1) is 5.92 Å². The lowest BCUT2D eigenvalue weighted by Crippen LogP contribution is -2.44. The minimum absolute atomic E-state index is 0.103. The summed E-state index contributed by atoms with van der Waals surface area (Å²) in [5.41, 5.74) is 3.36. The maximum atomic E-state index is 13.3. The van der Waals surface area contributed by atoms with Crippen molar-refractivity contribution >= 4 is 24.0 Å². The fourth-order valence-electron chi connectivity index (χ4n) is 5.61. The molecular weight excluding hydrogens is 556 g/mol. The molecule has 2 atom stereocenters. The van der Waals surface area contributed by atoms with E-state index < -0.39 is 18.3 Å². The Morgan fingerprint density at radius 3 is 1.74 bits per heavy atom. The number of aliphatic hydroxyl groups excluding tert-OH is 1. The number of fused-ring (bicyclic) bond motifs is 2. The van der Waals surface area contributed by atoms with Gasteiger partial charge in [0.25, 0.3) is 0 Å². The summed E-state index contributed by atoms with van der Waals surface area (Å²) < 4.78 is 33.2. The molecule has 5 rings (SSSR count). The van der Waals surface area contributed by atoms with Gasteiger partial charge in [-0.1, -0.05) is 0 Å². The number of nitrogens with zero attached hydrogens (tertiary/aromatic N) is 2. The molecule has 3 aliphatic heterocycles. The van der Waals surface area contributed by atoms with E-state index in [2.05, 4.69) is 0 Å². The molecule has 230 valence electrons. The van der Waals surface area contributed by atoms with Gasteiger partial charge in [0, 0.05) is 25.5 Å². The van der Waals surface area contributed by atoms with E-state index in [1.165, 1.54) is 0 Å². The highest BCUT2D eigenvalue weighted by Crippen LogP contribution is 2.34. The third-order valence-electron chi connectivity index (χ3n) is 8.05. The van der Waals surface area contributed by atoms with E-state index in [0.29, 0.717) is 36.2 Å². The van der Waals surface area contributed by atoms with E-state index in [9.17, 15) is 14.7 Å². The number of benzene rings is 2. The maximum absolute atomic E-state index is 13.3. The molecule has 0 aromatic heterocycles. The molecular formula is C32H38N2O9. The minimum atomic E-state index is -0.915. The molecule has 11 nitrogen and oxygen atoms in total. The van der Waals surface area contributed by atoms with Crippen LogP contribution in [0.5, 0.6) is 23.0 Å². The standard InChI is InChI=1S/C32H38N2O9/c1-38-26-13-20-5-8-33(30(36)17-22(20)15-28(26)40-3)10-7-25(35)24(32-42-11-12-43-32)19-34-9-6-21-14-27(39-2)29(41-4)16-23(21)18-31(34)37/h5-6,8-9,13-16,24-25,32,35H,7,10-12,17-19H2,1-4H3. The molecule has 1 N–H and O–H groups in total. The normalized spacial score (nSPS) is 18.1. The van der Waals surface area contributed by atoms with E-state index >= 15 is 0 Å². The molecule has 3 aliphatic rings. The van der Waals surface area contributed by atoms with Gasteiger partial charge in [-0.25, -0.2) is 0 Å². The van der Waals surface area contributed by atoms with Crippen molar-refractivity contribution in [1.82, 2.24) is 9.80 Å². The number of rotatable bonds is 11. The van der Waals surface area contributed by atoms with Crippen LogP contribution in [0.3, 0.4) is 0 Å². The average Bonchev–Trinajstić information content (AvgIpc) is 3.44. The minimum Gasteiger partial charge on any atom is -0.493 e. The highest BCUT2D eigenvalue weighted by atomic mass is 16.7. The number of amides is 2. The summed E-state index contributed by atoms with van der Waals surface area (Å²) in [6.45, 7) is 1.26. The topological polar surface area (TPSA) is 116 Å². The van der Waals surface area contributed by atoms with Crippen molar-refractivity contribution in [1.29, 1.82) is 0 Å². The molecule has 2 aromatic rings. The van der Waals surface area contributed by atoms with E-state index in [1.807, 2.05) is 36.4 Å². The van der Waals surface area contributed by atoms with Crippen LogP contribution < -0.4 is 18.9 Å². The summed E-state index contributed by atoms with van der Waals surface area (Å²) >= 11 is 0. The molecule has 2 unspecified atom stereocenters. The maximum Gasteiger partial charge on any atom is 0.230 e. The van der Waals surface area contributed by atoms with Crippen LogP contribution in [-0.4, -0.2) is 93.9 Å². The number of methoxy groups -OCH3 is 4. The van der Waals surface area contributed by atoms with E-state index in [1.54, 1.807) is 50.6 Å². The number of ether oxygens (including phenoxy) is 6. The number of carbonyl (C=O) groups excluding carboxylic acids is 2. The molecule has 0 spiro atoms. The lowest BCUT2D eigenvalue weighted by atomic mass is 9.97. The SMILES string of the molecule is COc1cc2c(cc1OC)CC(=O)N(CCC(O)C(CN1C=Cc3cc(OC)c(OC)cc3CC1=O)C1OCCO1)C=C2. The lowest BCUT2D eigenvalue weighted by molar-refractivity contribution is -0.139. The van der Waals surface area contributed by atoms with Gasteiger partial charge >= 0.3 is 0 Å². The molecule has 0 radical (unpaired) electrons. The van der Waals surface area contributed by atoms with Gasteiger partial charge < -0.3 is 43.3 Å². The number of carbonyl (C=O) groups is 2. The molecule has 0 bridgehead atoms. The van der Waals surface area contributed by atoms with Crippen LogP contribution in [0.4, 0.5) is 0 Å². The second kappa shape index (κ2) is 13.5. The molecule has 43 heavy (non-hydrogen) atoms. The molecule has 3 heterocycles. The summed E-state index contributed by atoms with van der Waals surface area (Å²) in [6.07, 6.45) is 6.15. The van der Waals surface area contributed by atoms with Crippen molar-refractivity contribution in [2.24, 2.45) is 5.92 Å². The zero-order valence-corrected chi connectivity index (χ0v) is 24.9. The summed E-state index contributed by atoms with van der Waals surface area (Å²) in [7, 11) is 6.25.